The predicted molar refractivity (Wildman–Crippen MR) is 74.5 cm³/mol. The maximum Gasteiger partial charge on any atom is 0.335 e. The van der Waals surface area contributed by atoms with Crippen LogP contribution < -0.4 is 4.72 Å². The van der Waals surface area contributed by atoms with E-state index in [2.05, 4.69) is 4.72 Å². The van der Waals surface area contributed by atoms with Crippen molar-refractivity contribution in [3.05, 3.63) is 23.8 Å². The summed E-state index contributed by atoms with van der Waals surface area (Å²) in [5, 5.41) is 18.0. The highest BCUT2D eigenvalue weighted by molar-refractivity contribution is 7.93. The number of phenolic OH excluding ortho intramolecular Hbond substituents is 1. The van der Waals surface area contributed by atoms with Crippen molar-refractivity contribution in [3.63, 3.8) is 0 Å². The smallest absolute Gasteiger partial charge is 0.335 e. The summed E-state index contributed by atoms with van der Waals surface area (Å²) in [5.41, 5.74) is -0.0799. The molecule has 1 aliphatic carbocycles. The lowest BCUT2D eigenvalue weighted by molar-refractivity contribution is 0.0696. The molecule has 0 saturated heterocycles. The van der Waals surface area contributed by atoms with Crippen LogP contribution >= 0.6 is 0 Å². The highest BCUT2D eigenvalue weighted by atomic mass is 32.2. The van der Waals surface area contributed by atoms with Crippen LogP contribution in [0, 0.1) is 0 Å². The zero-order valence-corrected chi connectivity index (χ0v) is 11.7. The number of carboxylic acids is 1. The second-order valence-corrected chi connectivity index (χ2v) is 6.90. The number of benzene rings is 1. The Labute approximate surface area is 117 Å². The summed E-state index contributed by atoms with van der Waals surface area (Å²) in [5.74, 6) is -1.56. The third-order valence-corrected chi connectivity index (χ3v) is 5.34. The number of hydrogen-bond donors (Lipinski definition) is 3. The molecule has 1 saturated carbocycles. The maximum absolute atomic E-state index is 12.2. The number of nitrogens with one attached hydrogen (secondary N) is 1. The van der Waals surface area contributed by atoms with Crippen LogP contribution in [0.2, 0.25) is 0 Å². The van der Waals surface area contributed by atoms with Gasteiger partial charge in [-0.15, -0.1) is 0 Å². The van der Waals surface area contributed by atoms with E-state index in [1.54, 1.807) is 0 Å². The SMILES string of the molecule is O=C(O)c1ccc(NS(=O)(=O)C2CCCCC2)c(O)c1. The second kappa shape index (κ2) is 5.70. The Bertz CT molecular complexity index is 605. The van der Waals surface area contributed by atoms with Gasteiger partial charge >= 0.3 is 5.97 Å². The second-order valence-electron chi connectivity index (χ2n) is 4.94. The van der Waals surface area contributed by atoms with Gasteiger partial charge in [0.25, 0.3) is 0 Å². The van der Waals surface area contributed by atoms with Gasteiger partial charge in [-0.05, 0) is 31.0 Å². The molecule has 6 nitrogen and oxygen atoms in total. The van der Waals surface area contributed by atoms with Crippen LogP contribution in [0.25, 0.3) is 0 Å². The number of carboxylic acid groups (broad SMARTS) is 1. The van der Waals surface area contributed by atoms with E-state index in [0.29, 0.717) is 12.8 Å². The van der Waals surface area contributed by atoms with E-state index in [1.165, 1.54) is 12.1 Å². The molecule has 3 N–H and O–H groups in total. The van der Waals surface area contributed by atoms with E-state index in [-0.39, 0.29) is 17.0 Å². The quantitative estimate of drug-likeness (QED) is 0.739. The van der Waals surface area contributed by atoms with E-state index in [9.17, 15) is 18.3 Å². The average Bonchev–Trinajstić information content (AvgIpc) is 2.41. The van der Waals surface area contributed by atoms with Crippen molar-refractivity contribution in [1.82, 2.24) is 0 Å². The minimum absolute atomic E-state index is 0.0144. The van der Waals surface area contributed by atoms with Crippen molar-refractivity contribution in [1.29, 1.82) is 0 Å². The Morgan fingerprint density at radius 1 is 1.20 bits per heavy atom. The fourth-order valence-corrected chi connectivity index (χ4v) is 3.96. The van der Waals surface area contributed by atoms with Crippen LogP contribution in [0.4, 0.5) is 5.69 Å². The Hall–Kier alpha value is -1.76. The fraction of sp³-hybridized carbons (Fsp3) is 0.462. The van der Waals surface area contributed by atoms with Gasteiger partial charge in [-0.3, -0.25) is 4.72 Å². The Morgan fingerprint density at radius 3 is 2.40 bits per heavy atom. The molecule has 110 valence electrons. The monoisotopic (exact) mass is 299 g/mol. The summed E-state index contributed by atoms with van der Waals surface area (Å²) in [6, 6.07) is 3.54. The Kier molecular flexibility index (Phi) is 4.17. The minimum Gasteiger partial charge on any atom is -0.506 e. The standard InChI is InChI=1S/C13H17NO5S/c15-12-8-9(13(16)17)6-7-11(12)14-20(18,19)10-4-2-1-3-5-10/h6-8,10,14-15H,1-5H2,(H,16,17). The van der Waals surface area contributed by atoms with Crippen LogP contribution in [0.5, 0.6) is 5.75 Å². The molecule has 0 unspecified atom stereocenters. The first-order chi connectivity index (χ1) is 9.40. The van der Waals surface area contributed by atoms with E-state index in [1.807, 2.05) is 0 Å². The van der Waals surface area contributed by atoms with Crippen molar-refractivity contribution in [2.75, 3.05) is 4.72 Å². The highest BCUT2D eigenvalue weighted by Crippen LogP contribution is 2.29. The molecule has 0 amide bonds. The number of hydrogen-bond acceptors (Lipinski definition) is 4. The molecule has 0 radical (unpaired) electrons. The van der Waals surface area contributed by atoms with Gasteiger partial charge in [0.2, 0.25) is 10.0 Å². The van der Waals surface area contributed by atoms with Gasteiger partial charge in [-0.25, -0.2) is 13.2 Å². The zero-order chi connectivity index (χ0) is 14.8. The van der Waals surface area contributed by atoms with Gasteiger partial charge < -0.3 is 10.2 Å². The average molecular weight is 299 g/mol. The molecular weight excluding hydrogens is 282 g/mol. The molecule has 1 aromatic carbocycles. The molecule has 0 bridgehead atoms. The van der Waals surface area contributed by atoms with Gasteiger partial charge in [-0.1, -0.05) is 19.3 Å². The summed E-state index contributed by atoms with van der Waals surface area (Å²) in [7, 11) is -3.55. The summed E-state index contributed by atoms with van der Waals surface area (Å²) < 4.78 is 26.7. The van der Waals surface area contributed by atoms with Gasteiger partial charge in [-0.2, -0.15) is 0 Å². The third-order valence-electron chi connectivity index (χ3n) is 3.49. The lowest BCUT2D eigenvalue weighted by Crippen LogP contribution is -2.29. The van der Waals surface area contributed by atoms with E-state index < -0.39 is 21.2 Å². The number of aromatic carboxylic acids is 1. The molecule has 0 heterocycles. The predicted octanol–water partition coefficient (Wildman–Crippen LogP) is 2.16. The third kappa shape index (κ3) is 3.22. The summed E-state index contributed by atoms with van der Waals surface area (Å²) in [4.78, 5) is 10.7. The van der Waals surface area contributed by atoms with Gasteiger partial charge in [0.1, 0.15) is 5.75 Å². The van der Waals surface area contributed by atoms with E-state index >= 15 is 0 Å². The number of phenols is 1. The number of anilines is 1. The first-order valence-electron chi connectivity index (χ1n) is 6.48. The molecule has 2 rings (SSSR count). The van der Waals surface area contributed by atoms with Crippen molar-refractivity contribution in [2.24, 2.45) is 0 Å². The number of sulfonamides is 1. The summed E-state index contributed by atoms with van der Waals surface area (Å²) in [6.45, 7) is 0. The molecular formula is C13H17NO5S. The molecule has 0 spiro atoms. The zero-order valence-electron chi connectivity index (χ0n) is 10.9. The Balaban J connectivity index is 2.18. The molecule has 7 heteroatoms. The number of aromatic hydroxyl groups is 1. The molecule has 0 aromatic heterocycles. The molecule has 20 heavy (non-hydrogen) atoms. The first-order valence-corrected chi connectivity index (χ1v) is 8.03. The molecule has 1 fully saturated rings. The van der Waals surface area contributed by atoms with Crippen LogP contribution in [0.1, 0.15) is 42.5 Å². The van der Waals surface area contributed by atoms with E-state index in [0.717, 1.165) is 25.3 Å². The van der Waals surface area contributed by atoms with Crippen molar-refractivity contribution in [2.45, 2.75) is 37.4 Å². The Morgan fingerprint density at radius 2 is 1.85 bits per heavy atom. The number of rotatable bonds is 4. The fourth-order valence-electron chi connectivity index (χ4n) is 2.36. The summed E-state index contributed by atoms with van der Waals surface area (Å²) in [6.07, 6.45) is 4.04. The van der Waals surface area contributed by atoms with Crippen LogP contribution in [0.3, 0.4) is 0 Å². The van der Waals surface area contributed by atoms with Gasteiger partial charge in [0, 0.05) is 0 Å². The van der Waals surface area contributed by atoms with Gasteiger partial charge in [0.15, 0.2) is 0 Å². The lowest BCUT2D eigenvalue weighted by atomic mass is 10.0. The molecule has 0 aliphatic heterocycles. The van der Waals surface area contributed by atoms with Crippen LogP contribution in [-0.2, 0) is 10.0 Å². The molecule has 1 aromatic rings. The topological polar surface area (TPSA) is 104 Å². The van der Waals surface area contributed by atoms with Crippen molar-refractivity contribution in [3.8, 4) is 5.75 Å². The minimum atomic E-state index is -3.55. The largest absolute Gasteiger partial charge is 0.506 e. The van der Waals surface area contributed by atoms with Crippen LogP contribution in [0.15, 0.2) is 18.2 Å². The molecule has 1 aliphatic rings. The van der Waals surface area contributed by atoms with Gasteiger partial charge in [0.05, 0.1) is 16.5 Å². The summed E-state index contributed by atoms with van der Waals surface area (Å²) >= 11 is 0. The first kappa shape index (κ1) is 14.6. The van der Waals surface area contributed by atoms with E-state index in [4.69, 9.17) is 5.11 Å². The maximum atomic E-state index is 12.2. The lowest BCUT2D eigenvalue weighted by Gasteiger charge is -2.22. The highest BCUT2D eigenvalue weighted by Gasteiger charge is 2.27. The number of carbonyl (C=O) groups is 1. The van der Waals surface area contributed by atoms with Crippen LogP contribution in [-0.4, -0.2) is 29.9 Å². The normalized spacial score (nSPS) is 16.8. The van der Waals surface area contributed by atoms with Crippen molar-refractivity contribution >= 4 is 21.7 Å². The van der Waals surface area contributed by atoms with Crippen molar-refractivity contribution < 1.29 is 23.4 Å². The molecule has 0 atom stereocenters.